The largest absolute Gasteiger partial charge is 0.481 e. The Bertz CT molecular complexity index is 342. The number of carbonyl (C=O) groups excluding carboxylic acids is 1. The molecule has 0 aromatic rings. The molecule has 1 amide bonds. The first-order valence-corrected chi connectivity index (χ1v) is 7.65. The van der Waals surface area contributed by atoms with Gasteiger partial charge in [-0.2, -0.15) is 0 Å². The second-order valence-corrected chi connectivity index (χ2v) is 6.11. The second kappa shape index (κ2) is 6.40. The molecule has 0 heterocycles. The van der Waals surface area contributed by atoms with Gasteiger partial charge in [-0.1, -0.05) is 26.2 Å². The second-order valence-electron chi connectivity index (χ2n) is 6.11. The molecule has 2 aliphatic rings. The average molecular weight is 267 g/mol. The quantitative estimate of drug-likeness (QED) is 0.822. The van der Waals surface area contributed by atoms with Crippen LogP contribution in [-0.2, 0) is 9.59 Å². The lowest BCUT2D eigenvalue weighted by Gasteiger charge is -2.32. The fourth-order valence-corrected chi connectivity index (χ4v) is 3.63. The maximum Gasteiger partial charge on any atom is 0.306 e. The normalized spacial score (nSPS) is 35.0. The molecule has 2 aliphatic carbocycles. The zero-order valence-corrected chi connectivity index (χ0v) is 11.7. The van der Waals surface area contributed by atoms with Gasteiger partial charge in [0.1, 0.15) is 0 Å². The van der Waals surface area contributed by atoms with Crippen molar-refractivity contribution in [2.75, 3.05) is 0 Å². The summed E-state index contributed by atoms with van der Waals surface area (Å²) >= 11 is 0. The number of carboxylic acid groups (broad SMARTS) is 1. The molecule has 0 radical (unpaired) electrons. The third kappa shape index (κ3) is 3.48. The van der Waals surface area contributed by atoms with E-state index in [0.29, 0.717) is 24.8 Å². The Morgan fingerprint density at radius 2 is 1.79 bits per heavy atom. The summed E-state index contributed by atoms with van der Waals surface area (Å²) in [7, 11) is 0. The molecule has 0 saturated heterocycles. The number of aliphatic carboxylic acids is 1. The molecular weight excluding hydrogens is 242 g/mol. The summed E-state index contributed by atoms with van der Waals surface area (Å²) in [5.41, 5.74) is 0. The molecule has 0 bridgehead atoms. The van der Waals surface area contributed by atoms with Crippen LogP contribution in [-0.4, -0.2) is 23.0 Å². The molecule has 0 aromatic heterocycles. The molecule has 0 aliphatic heterocycles. The van der Waals surface area contributed by atoms with Gasteiger partial charge in [0.15, 0.2) is 0 Å². The van der Waals surface area contributed by atoms with E-state index in [-0.39, 0.29) is 17.7 Å². The first-order chi connectivity index (χ1) is 9.11. The number of amides is 1. The predicted octanol–water partition coefficient (Wildman–Crippen LogP) is 2.57. The lowest BCUT2D eigenvalue weighted by atomic mass is 9.82. The monoisotopic (exact) mass is 267 g/mol. The van der Waals surface area contributed by atoms with Gasteiger partial charge in [-0.15, -0.1) is 0 Å². The molecule has 108 valence electrons. The van der Waals surface area contributed by atoms with Gasteiger partial charge in [-0.05, 0) is 38.0 Å². The Hall–Kier alpha value is -1.06. The van der Waals surface area contributed by atoms with Crippen molar-refractivity contribution in [3.63, 3.8) is 0 Å². The molecule has 2 saturated carbocycles. The van der Waals surface area contributed by atoms with Crippen molar-refractivity contribution in [1.29, 1.82) is 0 Å². The van der Waals surface area contributed by atoms with Crippen LogP contribution < -0.4 is 5.32 Å². The Labute approximate surface area is 115 Å². The van der Waals surface area contributed by atoms with E-state index in [1.54, 1.807) is 0 Å². The minimum atomic E-state index is -0.751. The van der Waals surface area contributed by atoms with Crippen molar-refractivity contribution in [1.82, 2.24) is 5.32 Å². The summed E-state index contributed by atoms with van der Waals surface area (Å²) in [5.74, 6) is -0.451. The van der Waals surface area contributed by atoms with Crippen LogP contribution in [0.15, 0.2) is 0 Å². The molecule has 4 nitrogen and oxygen atoms in total. The minimum Gasteiger partial charge on any atom is -0.481 e. The Kier molecular flexibility index (Phi) is 4.83. The highest BCUT2D eigenvalue weighted by atomic mass is 16.4. The lowest BCUT2D eigenvalue weighted by molar-refractivity contribution is -0.141. The van der Waals surface area contributed by atoms with E-state index in [9.17, 15) is 9.59 Å². The van der Waals surface area contributed by atoms with Crippen LogP contribution in [0.5, 0.6) is 0 Å². The third-order valence-corrected chi connectivity index (χ3v) is 4.91. The van der Waals surface area contributed by atoms with E-state index in [4.69, 9.17) is 5.11 Å². The summed E-state index contributed by atoms with van der Waals surface area (Å²) in [4.78, 5) is 23.2. The first kappa shape index (κ1) is 14.4. The van der Waals surface area contributed by atoms with Crippen LogP contribution in [0.25, 0.3) is 0 Å². The molecule has 4 heteroatoms. The van der Waals surface area contributed by atoms with Crippen molar-refractivity contribution >= 4 is 11.9 Å². The number of rotatable bonds is 4. The van der Waals surface area contributed by atoms with Gasteiger partial charge in [0.05, 0.1) is 5.92 Å². The van der Waals surface area contributed by atoms with E-state index in [1.807, 2.05) is 0 Å². The van der Waals surface area contributed by atoms with Crippen molar-refractivity contribution in [3.8, 4) is 0 Å². The maximum absolute atomic E-state index is 12.2. The first-order valence-electron chi connectivity index (χ1n) is 7.65. The van der Waals surface area contributed by atoms with Crippen molar-refractivity contribution in [3.05, 3.63) is 0 Å². The number of carbonyl (C=O) groups is 2. The highest BCUT2D eigenvalue weighted by Gasteiger charge is 2.35. The van der Waals surface area contributed by atoms with Gasteiger partial charge in [0.2, 0.25) is 5.91 Å². The van der Waals surface area contributed by atoms with E-state index >= 15 is 0 Å². The zero-order valence-electron chi connectivity index (χ0n) is 11.7. The standard InChI is InChI=1S/C15H25NO3/c1-2-10-5-3-4-6-13(10)16-14(17)11-7-8-12(9-11)15(18)19/h10-13H,2-9H2,1H3,(H,16,17)(H,18,19)/t10?,11-,12+,13?/m1/s1. The zero-order chi connectivity index (χ0) is 13.8. The number of hydrogen-bond acceptors (Lipinski definition) is 2. The van der Waals surface area contributed by atoms with Gasteiger partial charge in [0, 0.05) is 12.0 Å². The molecule has 2 fully saturated rings. The fourth-order valence-electron chi connectivity index (χ4n) is 3.63. The lowest BCUT2D eigenvalue weighted by Crippen LogP contribution is -2.44. The summed E-state index contributed by atoms with van der Waals surface area (Å²) < 4.78 is 0. The summed E-state index contributed by atoms with van der Waals surface area (Å²) in [5, 5.41) is 12.2. The average Bonchev–Trinajstić information content (AvgIpc) is 2.89. The summed E-state index contributed by atoms with van der Waals surface area (Å²) in [6.07, 6.45) is 7.78. The van der Waals surface area contributed by atoms with E-state index in [2.05, 4.69) is 12.2 Å². The van der Waals surface area contributed by atoms with Gasteiger partial charge >= 0.3 is 5.97 Å². The molecule has 0 spiro atoms. The third-order valence-electron chi connectivity index (χ3n) is 4.91. The minimum absolute atomic E-state index is 0.0828. The van der Waals surface area contributed by atoms with E-state index in [1.165, 1.54) is 19.3 Å². The predicted molar refractivity (Wildman–Crippen MR) is 72.6 cm³/mol. The molecule has 4 atom stereocenters. The van der Waals surface area contributed by atoms with Gasteiger partial charge in [-0.3, -0.25) is 9.59 Å². The fraction of sp³-hybridized carbons (Fsp3) is 0.867. The molecule has 2 N–H and O–H groups in total. The Balaban J connectivity index is 1.85. The molecular formula is C15H25NO3. The van der Waals surface area contributed by atoms with Gasteiger partial charge in [-0.25, -0.2) is 0 Å². The topological polar surface area (TPSA) is 66.4 Å². The van der Waals surface area contributed by atoms with Crippen LogP contribution in [0.2, 0.25) is 0 Å². The molecule has 2 unspecified atom stereocenters. The number of nitrogens with one attached hydrogen (secondary N) is 1. The van der Waals surface area contributed by atoms with Crippen LogP contribution in [0.1, 0.15) is 58.3 Å². The highest BCUT2D eigenvalue weighted by Crippen LogP contribution is 2.32. The maximum atomic E-state index is 12.2. The summed E-state index contributed by atoms with van der Waals surface area (Å²) in [6.45, 7) is 2.19. The molecule has 19 heavy (non-hydrogen) atoms. The highest BCUT2D eigenvalue weighted by molar-refractivity contribution is 5.81. The molecule has 0 aromatic carbocycles. The van der Waals surface area contributed by atoms with E-state index in [0.717, 1.165) is 19.3 Å². The SMILES string of the molecule is CCC1CCCCC1NC(=O)[C@@H]1CC[C@H](C(=O)O)C1. The van der Waals surface area contributed by atoms with Crippen LogP contribution in [0, 0.1) is 17.8 Å². The van der Waals surface area contributed by atoms with Gasteiger partial charge in [0.25, 0.3) is 0 Å². The Morgan fingerprint density at radius 3 is 2.42 bits per heavy atom. The van der Waals surface area contributed by atoms with Crippen molar-refractivity contribution in [2.24, 2.45) is 17.8 Å². The van der Waals surface area contributed by atoms with Crippen LogP contribution >= 0.6 is 0 Å². The molecule has 2 rings (SSSR count). The summed E-state index contributed by atoms with van der Waals surface area (Å²) in [6, 6.07) is 0.315. The van der Waals surface area contributed by atoms with Crippen molar-refractivity contribution in [2.45, 2.75) is 64.3 Å². The van der Waals surface area contributed by atoms with E-state index < -0.39 is 5.97 Å². The smallest absolute Gasteiger partial charge is 0.306 e. The van der Waals surface area contributed by atoms with Crippen LogP contribution in [0.3, 0.4) is 0 Å². The number of hydrogen-bond donors (Lipinski definition) is 2. The van der Waals surface area contributed by atoms with Crippen LogP contribution in [0.4, 0.5) is 0 Å². The van der Waals surface area contributed by atoms with Gasteiger partial charge < -0.3 is 10.4 Å². The number of carboxylic acids is 1. The van der Waals surface area contributed by atoms with Crippen molar-refractivity contribution < 1.29 is 14.7 Å². The Morgan fingerprint density at radius 1 is 1.11 bits per heavy atom.